The molecule has 0 aliphatic heterocycles. The first-order valence-corrected chi connectivity index (χ1v) is 24.1. The Bertz CT molecular complexity index is 3970. The lowest BCUT2D eigenvalue weighted by molar-refractivity contribution is 0.672. The highest BCUT2D eigenvalue weighted by Crippen LogP contribution is 2.46. The van der Waals surface area contributed by atoms with Crippen molar-refractivity contribution in [3.8, 4) is 39.1 Å². The lowest BCUT2D eigenvalue weighted by Crippen LogP contribution is -2.23. The lowest BCUT2D eigenvalue weighted by atomic mass is 9.86. The van der Waals surface area contributed by atoms with Gasteiger partial charge in [0, 0.05) is 39.4 Å². The van der Waals surface area contributed by atoms with Crippen molar-refractivity contribution in [3.05, 3.63) is 266 Å². The highest BCUT2D eigenvalue weighted by atomic mass is 15.2. The molecule has 0 radical (unpaired) electrons. The SMILES string of the molecule is CC1CC=C(c2c3ccccc3cc3c2c2ccccc2n3-c2ccccc2)C=C1N(c1ccc(-c2ccccc2-c2ccccc2)cc1)c1ccc(-c2cc3ccccc3c3ccccc23)cc1. The van der Waals surface area contributed by atoms with Crippen LogP contribution in [0.1, 0.15) is 18.9 Å². The second-order valence-electron chi connectivity index (χ2n) is 18.5. The molecule has 1 atom stereocenters. The Balaban J connectivity index is 0.996. The standard InChI is InChI=1S/C67H48N2/c1-45-32-33-51(66-58-27-11-9-21-50(58)43-65-67(66)61-30-16-17-31-63(61)69(65)52-22-6-3-7-23-52)44-64(45)68(53-38-34-47(35-39-53)56-25-13-12-24-55(56)46-18-4-2-5-19-46)54-40-36-48(37-41-54)62-42-49-20-8-10-26-57(49)59-28-14-15-29-60(59)62/h2-31,33-45H,32H2,1H3. The maximum absolute atomic E-state index is 2.52. The minimum atomic E-state index is 0.243. The van der Waals surface area contributed by atoms with Gasteiger partial charge in [0.05, 0.1) is 11.0 Å². The van der Waals surface area contributed by atoms with Crippen LogP contribution in [-0.4, -0.2) is 4.57 Å². The first-order chi connectivity index (χ1) is 34.2. The summed E-state index contributed by atoms with van der Waals surface area (Å²) < 4.78 is 2.45. The van der Waals surface area contributed by atoms with Crippen molar-refractivity contribution < 1.29 is 0 Å². The van der Waals surface area contributed by atoms with Crippen LogP contribution in [0.2, 0.25) is 0 Å². The Hall–Kier alpha value is -8.72. The second-order valence-corrected chi connectivity index (χ2v) is 18.5. The quantitative estimate of drug-likeness (QED) is 0.138. The first-order valence-electron chi connectivity index (χ1n) is 24.1. The predicted octanol–water partition coefficient (Wildman–Crippen LogP) is 18.4. The van der Waals surface area contributed by atoms with Gasteiger partial charge >= 0.3 is 0 Å². The molecule has 2 nitrogen and oxygen atoms in total. The summed E-state index contributed by atoms with van der Waals surface area (Å²) in [6, 6.07) is 89.0. The summed E-state index contributed by atoms with van der Waals surface area (Å²) in [6.45, 7) is 2.38. The molecule has 1 aromatic heterocycles. The van der Waals surface area contributed by atoms with E-state index in [-0.39, 0.29) is 5.92 Å². The van der Waals surface area contributed by atoms with Crippen LogP contribution in [-0.2, 0) is 0 Å². The summed E-state index contributed by atoms with van der Waals surface area (Å²) in [5.41, 5.74) is 16.9. The number of fused-ring (bicyclic) bond motifs is 7. The van der Waals surface area contributed by atoms with Gasteiger partial charge in [-0.05, 0) is 144 Å². The Kier molecular flexibility index (Phi) is 9.91. The molecule has 1 unspecified atom stereocenters. The molecule has 0 bridgehead atoms. The summed E-state index contributed by atoms with van der Waals surface area (Å²) in [4.78, 5) is 2.52. The van der Waals surface area contributed by atoms with E-state index >= 15 is 0 Å². The molecule has 0 spiro atoms. The first kappa shape index (κ1) is 40.5. The normalized spacial score (nSPS) is 13.8. The molecule has 69 heavy (non-hydrogen) atoms. The maximum atomic E-state index is 2.52. The molecular formula is C67H48N2. The van der Waals surface area contributed by atoms with E-state index in [0.29, 0.717) is 0 Å². The molecule has 0 amide bonds. The third-order valence-electron chi connectivity index (χ3n) is 14.4. The molecule has 0 saturated heterocycles. The van der Waals surface area contributed by atoms with E-state index in [2.05, 4.69) is 271 Å². The zero-order valence-electron chi connectivity index (χ0n) is 38.4. The van der Waals surface area contributed by atoms with Gasteiger partial charge in [0.1, 0.15) is 0 Å². The molecule has 2 heteroatoms. The van der Waals surface area contributed by atoms with Crippen molar-refractivity contribution in [1.29, 1.82) is 0 Å². The summed E-state index contributed by atoms with van der Waals surface area (Å²) in [5, 5.41) is 10.1. The number of anilines is 2. The van der Waals surface area contributed by atoms with E-state index in [1.165, 1.54) is 104 Å². The van der Waals surface area contributed by atoms with E-state index < -0.39 is 0 Å². The maximum Gasteiger partial charge on any atom is 0.0553 e. The molecule has 326 valence electrons. The van der Waals surface area contributed by atoms with Gasteiger partial charge in [-0.15, -0.1) is 0 Å². The molecular weight excluding hydrogens is 833 g/mol. The number of hydrogen-bond acceptors (Lipinski definition) is 1. The van der Waals surface area contributed by atoms with Crippen molar-refractivity contribution in [1.82, 2.24) is 4.57 Å². The molecule has 0 N–H and O–H groups in total. The van der Waals surface area contributed by atoms with E-state index in [4.69, 9.17) is 0 Å². The van der Waals surface area contributed by atoms with Gasteiger partial charge in [-0.1, -0.05) is 201 Å². The van der Waals surface area contributed by atoms with Gasteiger partial charge in [0.15, 0.2) is 0 Å². The third-order valence-corrected chi connectivity index (χ3v) is 14.4. The fourth-order valence-electron chi connectivity index (χ4n) is 11.1. The molecule has 12 aromatic rings. The number of nitrogens with zero attached hydrogens (tertiary/aromatic N) is 2. The summed E-state index contributed by atoms with van der Waals surface area (Å²) in [5.74, 6) is 0.243. The van der Waals surface area contributed by atoms with Crippen molar-refractivity contribution in [3.63, 3.8) is 0 Å². The monoisotopic (exact) mass is 880 g/mol. The van der Waals surface area contributed by atoms with Gasteiger partial charge in [0.25, 0.3) is 0 Å². The smallest absolute Gasteiger partial charge is 0.0553 e. The van der Waals surface area contributed by atoms with E-state index in [9.17, 15) is 0 Å². The molecule has 1 heterocycles. The number of rotatable bonds is 8. The summed E-state index contributed by atoms with van der Waals surface area (Å²) in [6.07, 6.45) is 5.89. The number of allylic oxidation sites excluding steroid dienone is 4. The van der Waals surface area contributed by atoms with Gasteiger partial charge in [-0.25, -0.2) is 0 Å². The van der Waals surface area contributed by atoms with Crippen LogP contribution in [0.3, 0.4) is 0 Å². The number of para-hydroxylation sites is 2. The van der Waals surface area contributed by atoms with Gasteiger partial charge in [-0.2, -0.15) is 0 Å². The van der Waals surface area contributed by atoms with Crippen LogP contribution in [0.15, 0.2) is 261 Å². The molecule has 13 rings (SSSR count). The Morgan fingerprint density at radius 2 is 0.913 bits per heavy atom. The minimum absolute atomic E-state index is 0.243. The molecule has 1 aliphatic carbocycles. The Morgan fingerprint density at radius 1 is 0.406 bits per heavy atom. The zero-order chi connectivity index (χ0) is 45.8. The van der Waals surface area contributed by atoms with Crippen LogP contribution >= 0.6 is 0 Å². The van der Waals surface area contributed by atoms with Gasteiger partial charge in [-0.3, -0.25) is 0 Å². The Labute approximate surface area is 403 Å². The number of benzene rings is 11. The number of aromatic nitrogens is 1. The topological polar surface area (TPSA) is 8.17 Å². The van der Waals surface area contributed by atoms with Gasteiger partial charge in [0.2, 0.25) is 0 Å². The molecule has 1 aliphatic rings. The van der Waals surface area contributed by atoms with Crippen molar-refractivity contribution in [2.45, 2.75) is 13.3 Å². The zero-order valence-corrected chi connectivity index (χ0v) is 38.4. The highest BCUT2D eigenvalue weighted by Gasteiger charge is 2.27. The fraction of sp³-hybridized carbons (Fsp3) is 0.0448. The largest absolute Gasteiger partial charge is 0.314 e. The molecule has 11 aromatic carbocycles. The third kappa shape index (κ3) is 6.95. The lowest BCUT2D eigenvalue weighted by Gasteiger charge is -2.34. The molecule has 0 saturated carbocycles. The fourth-order valence-corrected chi connectivity index (χ4v) is 11.1. The van der Waals surface area contributed by atoms with Crippen LogP contribution < -0.4 is 4.90 Å². The van der Waals surface area contributed by atoms with Crippen LogP contribution in [0.5, 0.6) is 0 Å². The molecule has 0 fully saturated rings. The minimum Gasteiger partial charge on any atom is -0.314 e. The van der Waals surface area contributed by atoms with Crippen molar-refractivity contribution in [2.24, 2.45) is 5.92 Å². The second kappa shape index (κ2) is 16.9. The summed E-state index contributed by atoms with van der Waals surface area (Å²) >= 11 is 0. The average molecular weight is 881 g/mol. The van der Waals surface area contributed by atoms with Gasteiger partial charge < -0.3 is 9.47 Å². The van der Waals surface area contributed by atoms with Crippen LogP contribution in [0.25, 0.3) is 98.8 Å². The van der Waals surface area contributed by atoms with Crippen molar-refractivity contribution in [2.75, 3.05) is 4.90 Å². The van der Waals surface area contributed by atoms with E-state index in [1.807, 2.05) is 0 Å². The van der Waals surface area contributed by atoms with Crippen LogP contribution in [0.4, 0.5) is 11.4 Å². The average Bonchev–Trinajstić information content (AvgIpc) is 3.75. The number of hydrogen-bond donors (Lipinski definition) is 0. The highest BCUT2D eigenvalue weighted by molar-refractivity contribution is 6.21. The Morgan fingerprint density at radius 3 is 1.59 bits per heavy atom. The van der Waals surface area contributed by atoms with Crippen molar-refractivity contribution >= 4 is 71.1 Å². The van der Waals surface area contributed by atoms with Crippen LogP contribution in [0, 0.1) is 5.92 Å². The predicted molar refractivity (Wildman–Crippen MR) is 294 cm³/mol. The summed E-state index contributed by atoms with van der Waals surface area (Å²) in [7, 11) is 0. The van der Waals surface area contributed by atoms with E-state index in [1.54, 1.807) is 0 Å². The van der Waals surface area contributed by atoms with E-state index in [0.717, 1.165) is 23.5 Å².